The maximum absolute atomic E-state index is 12.1. The minimum atomic E-state index is -0.541. The van der Waals surface area contributed by atoms with Gasteiger partial charge >= 0.3 is 0 Å². The van der Waals surface area contributed by atoms with Crippen molar-refractivity contribution in [1.82, 2.24) is 4.98 Å². The van der Waals surface area contributed by atoms with Gasteiger partial charge in [-0.1, -0.05) is 0 Å². The molecule has 2 aromatic rings. The molecule has 0 saturated heterocycles. The number of nitrogens with one attached hydrogen (secondary N) is 3. The van der Waals surface area contributed by atoms with Crippen molar-refractivity contribution in [3.8, 4) is 5.75 Å². The number of carbonyl (C=O) groups excluding carboxylic acids is 2. The van der Waals surface area contributed by atoms with Gasteiger partial charge in [-0.2, -0.15) is 0 Å². The summed E-state index contributed by atoms with van der Waals surface area (Å²) in [5.74, 6) is -0.340. The van der Waals surface area contributed by atoms with E-state index < -0.39 is 11.5 Å². The van der Waals surface area contributed by atoms with E-state index >= 15 is 0 Å². The van der Waals surface area contributed by atoms with Gasteiger partial charge in [-0.25, -0.2) is 0 Å². The van der Waals surface area contributed by atoms with Crippen LogP contribution in [0, 0.1) is 0 Å². The highest BCUT2D eigenvalue weighted by Crippen LogP contribution is 2.27. The molecule has 2 rings (SSSR count). The third-order valence-electron chi connectivity index (χ3n) is 2.83. The van der Waals surface area contributed by atoms with Gasteiger partial charge in [-0.3, -0.25) is 14.4 Å². The average molecular weight is 301 g/mol. The van der Waals surface area contributed by atoms with Crippen LogP contribution in [0.25, 0.3) is 0 Å². The zero-order chi connectivity index (χ0) is 16.1. The molecule has 0 aliphatic rings. The first kappa shape index (κ1) is 15.3. The number of ether oxygens (including phenoxy) is 1. The first-order chi connectivity index (χ1) is 10.5. The van der Waals surface area contributed by atoms with Crippen molar-refractivity contribution >= 4 is 23.2 Å². The van der Waals surface area contributed by atoms with Crippen LogP contribution in [-0.2, 0) is 4.79 Å². The monoisotopic (exact) mass is 301 g/mol. The molecule has 7 nitrogen and oxygen atoms in total. The van der Waals surface area contributed by atoms with Gasteiger partial charge in [0.05, 0.1) is 12.8 Å². The lowest BCUT2D eigenvalue weighted by atomic mass is 10.2. The quantitative estimate of drug-likeness (QED) is 0.798. The summed E-state index contributed by atoms with van der Waals surface area (Å²) in [4.78, 5) is 37.3. The Bertz CT molecular complexity index is 767. The Kier molecular flexibility index (Phi) is 4.57. The van der Waals surface area contributed by atoms with Crippen LogP contribution < -0.4 is 20.9 Å². The predicted octanol–water partition coefficient (Wildman–Crippen LogP) is 1.59. The second-order valence-electron chi connectivity index (χ2n) is 4.46. The molecule has 0 aliphatic carbocycles. The van der Waals surface area contributed by atoms with Crippen molar-refractivity contribution in [2.75, 3.05) is 17.7 Å². The maximum Gasteiger partial charge on any atom is 0.261 e. The molecular weight excluding hydrogens is 286 g/mol. The summed E-state index contributed by atoms with van der Waals surface area (Å²) >= 11 is 0. The molecule has 1 heterocycles. The van der Waals surface area contributed by atoms with E-state index in [2.05, 4.69) is 15.6 Å². The van der Waals surface area contributed by atoms with Crippen LogP contribution in [0.5, 0.6) is 5.75 Å². The molecule has 3 N–H and O–H groups in total. The fourth-order valence-electron chi connectivity index (χ4n) is 1.87. The summed E-state index contributed by atoms with van der Waals surface area (Å²) in [6.45, 7) is 1.37. The molecule has 1 aromatic heterocycles. The van der Waals surface area contributed by atoms with Crippen molar-refractivity contribution < 1.29 is 14.3 Å². The van der Waals surface area contributed by atoms with Crippen molar-refractivity contribution in [2.45, 2.75) is 6.92 Å². The average Bonchev–Trinajstić information content (AvgIpc) is 2.47. The molecule has 7 heteroatoms. The highest BCUT2D eigenvalue weighted by molar-refractivity contribution is 6.04. The molecule has 0 bridgehead atoms. The Labute approximate surface area is 126 Å². The van der Waals surface area contributed by atoms with Gasteiger partial charge in [-0.05, 0) is 30.3 Å². The maximum atomic E-state index is 12.1. The van der Waals surface area contributed by atoms with Gasteiger partial charge in [0.2, 0.25) is 5.91 Å². The number of rotatable bonds is 4. The molecule has 1 aromatic carbocycles. The lowest BCUT2D eigenvalue weighted by Crippen LogP contribution is -2.22. The number of hydrogen-bond acceptors (Lipinski definition) is 4. The fraction of sp³-hybridized carbons (Fsp3) is 0.133. The van der Waals surface area contributed by atoms with E-state index in [0.717, 1.165) is 0 Å². The fourth-order valence-corrected chi connectivity index (χ4v) is 1.87. The Balaban J connectivity index is 2.26. The first-order valence-electron chi connectivity index (χ1n) is 6.46. The van der Waals surface area contributed by atoms with Crippen LogP contribution in [0.15, 0.2) is 41.3 Å². The smallest absolute Gasteiger partial charge is 0.261 e. The SMILES string of the molecule is COc1ccc(NC(=O)c2ccc[nH]c2=O)cc1NC(C)=O. The normalized spacial score (nSPS) is 9.91. The highest BCUT2D eigenvalue weighted by atomic mass is 16.5. The van der Waals surface area contributed by atoms with Gasteiger partial charge in [-0.15, -0.1) is 0 Å². The van der Waals surface area contributed by atoms with Crippen LogP contribution >= 0.6 is 0 Å². The summed E-state index contributed by atoms with van der Waals surface area (Å²) in [7, 11) is 1.47. The first-order valence-corrected chi connectivity index (χ1v) is 6.46. The minimum absolute atomic E-state index is 0.000560. The van der Waals surface area contributed by atoms with Crippen molar-refractivity contribution in [3.63, 3.8) is 0 Å². The molecule has 0 atom stereocenters. The summed E-state index contributed by atoms with van der Waals surface area (Å²) in [5, 5.41) is 5.20. The summed E-state index contributed by atoms with van der Waals surface area (Å²) in [5.41, 5.74) is 0.377. The van der Waals surface area contributed by atoms with Crippen molar-refractivity contribution in [3.05, 3.63) is 52.4 Å². The van der Waals surface area contributed by atoms with Crippen molar-refractivity contribution in [1.29, 1.82) is 0 Å². The van der Waals surface area contributed by atoms with E-state index in [1.165, 1.54) is 26.3 Å². The zero-order valence-corrected chi connectivity index (χ0v) is 12.1. The number of aromatic amines is 1. The summed E-state index contributed by atoms with van der Waals surface area (Å²) in [6, 6.07) is 7.75. The van der Waals surface area contributed by atoms with Gasteiger partial charge in [0.15, 0.2) is 0 Å². The number of pyridine rings is 1. The van der Waals surface area contributed by atoms with Crippen LogP contribution in [0.3, 0.4) is 0 Å². The molecular formula is C15H15N3O4. The van der Waals surface area contributed by atoms with E-state index in [1.54, 1.807) is 24.3 Å². The number of aromatic nitrogens is 1. The lowest BCUT2D eigenvalue weighted by Gasteiger charge is -2.11. The molecule has 22 heavy (non-hydrogen) atoms. The summed E-state index contributed by atoms with van der Waals surface area (Å²) in [6.07, 6.45) is 1.45. The molecule has 0 spiro atoms. The van der Waals surface area contributed by atoms with E-state index in [9.17, 15) is 14.4 Å². The molecule has 0 unspecified atom stereocenters. The van der Waals surface area contributed by atoms with Crippen LogP contribution in [0.2, 0.25) is 0 Å². The van der Waals surface area contributed by atoms with Crippen LogP contribution in [-0.4, -0.2) is 23.9 Å². The van der Waals surface area contributed by atoms with Crippen LogP contribution in [0.1, 0.15) is 17.3 Å². The van der Waals surface area contributed by atoms with Gasteiger partial charge in [0, 0.05) is 18.8 Å². The number of benzene rings is 1. The zero-order valence-electron chi connectivity index (χ0n) is 12.1. The number of H-pyrrole nitrogens is 1. The molecule has 2 amide bonds. The Hall–Kier alpha value is -3.09. The lowest BCUT2D eigenvalue weighted by molar-refractivity contribution is -0.114. The number of anilines is 2. The van der Waals surface area contributed by atoms with Gasteiger partial charge < -0.3 is 20.4 Å². The van der Waals surface area contributed by atoms with Gasteiger partial charge in [0.1, 0.15) is 11.3 Å². The standard InChI is InChI=1S/C15H15N3O4/c1-9(19)17-12-8-10(5-6-13(12)22-2)18-15(21)11-4-3-7-16-14(11)20/h3-8H,1-2H3,(H,16,20)(H,17,19)(H,18,21). The van der Waals surface area contributed by atoms with Crippen LogP contribution in [0.4, 0.5) is 11.4 Å². The van der Waals surface area contributed by atoms with E-state index in [1.807, 2.05) is 0 Å². The second kappa shape index (κ2) is 6.57. The topological polar surface area (TPSA) is 100 Å². The number of carbonyl (C=O) groups is 2. The molecule has 0 saturated carbocycles. The third kappa shape index (κ3) is 3.51. The molecule has 0 aliphatic heterocycles. The van der Waals surface area contributed by atoms with E-state index in [4.69, 9.17) is 4.74 Å². The Morgan fingerprint density at radius 3 is 2.59 bits per heavy atom. The Morgan fingerprint density at radius 1 is 1.18 bits per heavy atom. The number of hydrogen-bond donors (Lipinski definition) is 3. The minimum Gasteiger partial charge on any atom is -0.495 e. The number of methoxy groups -OCH3 is 1. The number of amides is 2. The largest absolute Gasteiger partial charge is 0.495 e. The molecule has 114 valence electrons. The Morgan fingerprint density at radius 2 is 1.95 bits per heavy atom. The second-order valence-corrected chi connectivity index (χ2v) is 4.46. The highest BCUT2D eigenvalue weighted by Gasteiger charge is 2.12. The van der Waals surface area contributed by atoms with E-state index in [-0.39, 0.29) is 11.5 Å². The van der Waals surface area contributed by atoms with Gasteiger partial charge in [0.25, 0.3) is 11.5 Å². The van der Waals surface area contributed by atoms with Crippen molar-refractivity contribution in [2.24, 2.45) is 0 Å². The molecule has 0 radical (unpaired) electrons. The molecule has 0 fully saturated rings. The summed E-state index contributed by atoms with van der Waals surface area (Å²) < 4.78 is 5.13. The predicted molar refractivity (Wildman–Crippen MR) is 82.3 cm³/mol. The third-order valence-corrected chi connectivity index (χ3v) is 2.83. The van der Waals surface area contributed by atoms with E-state index in [0.29, 0.717) is 17.1 Å².